The van der Waals surface area contributed by atoms with E-state index in [0.717, 1.165) is 22.3 Å². The first kappa shape index (κ1) is 14.4. The van der Waals surface area contributed by atoms with Crippen molar-refractivity contribution in [2.75, 3.05) is 5.32 Å². The summed E-state index contributed by atoms with van der Waals surface area (Å²) in [5.74, 6) is 0.247. The van der Waals surface area contributed by atoms with Crippen molar-refractivity contribution in [3.63, 3.8) is 0 Å². The minimum absolute atomic E-state index is 0. The maximum Gasteiger partial charge on any atom is 0.115 e. The average molecular weight is 307 g/mol. The van der Waals surface area contributed by atoms with Crippen molar-refractivity contribution in [2.45, 2.75) is 0 Å². The number of hydrogen-bond acceptors (Lipinski definition) is 3. The number of phenolic OH excluding ortho intramolecular Hbond substituents is 1. The zero-order valence-corrected chi connectivity index (χ0v) is 11.9. The number of hydrogen-bond donors (Lipinski definition) is 2. The van der Waals surface area contributed by atoms with Gasteiger partial charge in [-0.1, -0.05) is 11.6 Å². The second-order valence-corrected chi connectivity index (χ2v) is 4.63. The number of aromatic hydroxyl groups is 1. The number of nitrogens with one attached hydrogen (secondary N) is 1. The number of nitrogens with zero attached hydrogens (tertiary/aromatic N) is 1. The molecule has 2 N–H and O–H groups in total. The number of halogens is 2. The highest BCUT2D eigenvalue weighted by Gasteiger charge is 2.03. The number of pyridine rings is 1. The Kier molecular flexibility index (Phi) is 4.32. The van der Waals surface area contributed by atoms with Crippen molar-refractivity contribution >= 4 is 46.3 Å². The van der Waals surface area contributed by atoms with Gasteiger partial charge in [0.15, 0.2) is 0 Å². The van der Waals surface area contributed by atoms with Gasteiger partial charge in [-0.15, -0.1) is 12.4 Å². The van der Waals surface area contributed by atoms with E-state index < -0.39 is 0 Å². The minimum atomic E-state index is 0. The molecule has 0 aliphatic rings. The monoisotopic (exact) mass is 306 g/mol. The van der Waals surface area contributed by atoms with Crippen LogP contribution in [0.15, 0.2) is 54.7 Å². The minimum Gasteiger partial charge on any atom is -0.508 e. The zero-order valence-electron chi connectivity index (χ0n) is 10.4. The lowest BCUT2D eigenvalue weighted by Crippen LogP contribution is -1.92. The maximum atomic E-state index is 9.27. The molecule has 3 rings (SSSR count). The predicted octanol–water partition coefficient (Wildman–Crippen LogP) is 4.76. The largest absolute Gasteiger partial charge is 0.508 e. The molecule has 5 heteroatoms. The number of benzene rings is 2. The Hall–Kier alpha value is -1.97. The molecule has 0 aliphatic heterocycles. The molecule has 0 unspecified atom stereocenters. The molecule has 0 atom stereocenters. The summed E-state index contributed by atoms with van der Waals surface area (Å²) in [7, 11) is 0. The van der Waals surface area contributed by atoms with Crippen LogP contribution in [0.25, 0.3) is 10.9 Å². The topological polar surface area (TPSA) is 45.1 Å². The molecule has 0 saturated carbocycles. The molecule has 0 saturated heterocycles. The van der Waals surface area contributed by atoms with E-state index in [9.17, 15) is 5.11 Å². The normalized spacial score (nSPS) is 10.1. The van der Waals surface area contributed by atoms with Crippen LogP contribution in [0.1, 0.15) is 0 Å². The van der Waals surface area contributed by atoms with E-state index in [4.69, 9.17) is 11.6 Å². The van der Waals surface area contributed by atoms with Gasteiger partial charge in [-0.25, -0.2) is 0 Å². The molecular formula is C15H12Cl2N2O. The van der Waals surface area contributed by atoms with Gasteiger partial charge in [0.2, 0.25) is 0 Å². The van der Waals surface area contributed by atoms with Crippen molar-refractivity contribution < 1.29 is 5.11 Å². The lowest BCUT2D eigenvalue weighted by molar-refractivity contribution is 0.475. The molecular weight excluding hydrogens is 295 g/mol. The van der Waals surface area contributed by atoms with Crippen LogP contribution in [0.3, 0.4) is 0 Å². The van der Waals surface area contributed by atoms with Crippen molar-refractivity contribution in [1.82, 2.24) is 4.98 Å². The highest BCUT2D eigenvalue weighted by molar-refractivity contribution is 6.31. The molecule has 2 aromatic carbocycles. The number of phenols is 1. The van der Waals surface area contributed by atoms with Crippen LogP contribution >= 0.6 is 24.0 Å². The maximum absolute atomic E-state index is 9.27. The molecule has 1 aromatic heterocycles. The van der Waals surface area contributed by atoms with Gasteiger partial charge in [0.25, 0.3) is 0 Å². The Bertz CT molecular complexity index is 730. The molecule has 1 heterocycles. The van der Waals surface area contributed by atoms with Gasteiger partial charge < -0.3 is 10.4 Å². The smallest absolute Gasteiger partial charge is 0.115 e. The Balaban J connectivity index is 0.00000147. The Morgan fingerprint density at radius 3 is 2.50 bits per heavy atom. The standard InChI is InChI=1S/C15H11ClN2O.ClH/c16-10-1-6-13-14(7-8-17-15(13)9-10)18-11-2-4-12(19)5-3-11;/h1-9,19H,(H,17,18);1H. The molecule has 20 heavy (non-hydrogen) atoms. The van der Waals surface area contributed by atoms with Gasteiger partial charge in [-0.3, -0.25) is 4.98 Å². The van der Waals surface area contributed by atoms with E-state index in [0.29, 0.717) is 5.02 Å². The van der Waals surface area contributed by atoms with Crippen molar-refractivity contribution in [1.29, 1.82) is 0 Å². The lowest BCUT2D eigenvalue weighted by Gasteiger charge is -2.09. The molecule has 0 fully saturated rings. The van der Waals surface area contributed by atoms with E-state index in [1.165, 1.54) is 0 Å². The predicted molar refractivity (Wildman–Crippen MR) is 85.4 cm³/mol. The Morgan fingerprint density at radius 1 is 1.00 bits per heavy atom. The Labute approximate surface area is 127 Å². The number of fused-ring (bicyclic) bond motifs is 1. The van der Waals surface area contributed by atoms with E-state index in [2.05, 4.69) is 10.3 Å². The molecule has 3 aromatic rings. The van der Waals surface area contributed by atoms with Crippen LogP contribution in [-0.2, 0) is 0 Å². The van der Waals surface area contributed by atoms with Crippen LogP contribution < -0.4 is 5.32 Å². The number of rotatable bonds is 2. The summed E-state index contributed by atoms with van der Waals surface area (Å²) in [5.41, 5.74) is 2.70. The lowest BCUT2D eigenvalue weighted by atomic mass is 10.2. The summed E-state index contributed by atoms with van der Waals surface area (Å²) in [6, 6.07) is 14.4. The van der Waals surface area contributed by atoms with E-state index in [-0.39, 0.29) is 18.2 Å². The van der Waals surface area contributed by atoms with Crippen molar-refractivity contribution in [3.8, 4) is 5.75 Å². The molecule has 0 spiro atoms. The van der Waals surface area contributed by atoms with Gasteiger partial charge in [0, 0.05) is 28.0 Å². The van der Waals surface area contributed by atoms with Gasteiger partial charge in [0.1, 0.15) is 5.75 Å². The fourth-order valence-corrected chi connectivity index (χ4v) is 2.10. The van der Waals surface area contributed by atoms with Gasteiger partial charge in [-0.05, 0) is 48.5 Å². The molecule has 3 nitrogen and oxygen atoms in total. The number of aromatic nitrogens is 1. The third-order valence-electron chi connectivity index (χ3n) is 2.85. The molecule has 0 bridgehead atoms. The molecule has 0 radical (unpaired) electrons. The Morgan fingerprint density at radius 2 is 1.75 bits per heavy atom. The highest BCUT2D eigenvalue weighted by Crippen LogP contribution is 2.27. The summed E-state index contributed by atoms with van der Waals surface area (Å²) in [6.45, 7) is 0. The van der Waals surface area contributed by atoms with Crippen LogP contribution in [0.5, 0.6) is 5.75 Å². The first-order chi connectivity index (χ1) is 9.22. The van der Waals surface area contributed by atoms with E-state index in [1.54, 1.807) is 18.3 Å². The first-order valence-electron chi connectivity index (χ1n) is 5.83. The quantitative estimate of drug-likeness (QED) is 0.671. The SMILES string of the molecule is Cl.Oc1ccc(Nc2ccnc3cc(Cl)ccc23)cc1. The highest BCUT2D eigenvalue weighted by atomic mass is 35.5. The third kappa shape index (κ3) is 2.95. The van der Waals surface area contributed by atoms with Crippen LogP contribution in [0.4, 0.5) is 11.4 Å². The number of anilines is 2. The van der Waals surface area contributed by atoms with Crippen LogP contribution in [0.2, 0.25) is 5.02 Å². The first-order valence-corrected chi connectivity index (χ1v) is 6.20. The van der Waals surface area contributed by atoms with Crippen molar-refractivity contribution in [2.24, 2.45) is 0 Å². The van der Waals surface area contributed by atoms with Gasteiger partial charge >= 0.3 is 0 Å². The van der Waals surface area contributed by atoms with E-state index >= 15 is 0 Å². The fourth-order valence-electron chi connectivity index (χ4n) is 1.93. The van der Waals surface area contributed by atoms with Crippen molar-refractivity contribution in [3.05, 3.63) is 59.8 Å². The summed E-state index contributed by atoms with van der Waals surface area (Å²) < 4.78 is 0. The molecule has 0 aliphatic carbocycles. The molecule has 0 amide bonds. The average Bonchev–Trinajstić information content (AvgIpc) is 2.41. The van der Waals surface area contributed by atoms with Crippen LogP contribution in [-0.4, -0.2) is 10.1 Å². The second-order valence-electron chi connectivity index (χ2n) is 4.19. The summed E-state index contributed by atoms with van der Waals surface area (Å²) in [4.78, 5) is 4.29. The van der Waals surface area contributed by atoms with E-state index in [1.807, 2.05) is 36.4 Å². The summed E-state index contributed by atoms with van der Waals surface area (Å²) >= 11 is 5.96. The zero-order chi connectivity index (χ0) is 13.2. The van der Waals surface area contributed by atoms with Crippen LogP contribution in [0, 0.1) is 0 Å². The second kappa shape index (κ2) is 5.99. The fraction of sp³-hybridized carbons (Fsp3) is 0. The summed E-state index contributed by atoms with van der Waals surface area (Å²) in [6.07, 6.45) is 1.74. The van der Waals surface area contributed by atoms with Gasteiger partial charge in [0.05, 0.1) is 5.52 Å². The summed E-state index contributed by atoms with van der Waals surface area (Å²) in [5, 5.41) is 14.2. The molecule has 102 valence electrons. The third-order valence-corrected chi connectivity index (χ3v) is 3.09. The van der Waals surface area contributed by atoms with Gasteiger partial charge in [-0.2, -0.15) is 0 Å².